The summed E-state index contributed by atoms with van der Waals surface area (Å²) in [5.74, 6) is 0.641. The van der Waals surface area contributed by atoms with E-state index < -0.39 is 0 Å². The molecule has 14 heavy (non-hydrogen) atoms. The lowest BCUT2D eigenvalue weighted by atomic mass is 10.0. The second kappa shape index (κ2) is 3.39. The fourth-order valence-electron chi connectivity index (χ4n) is 1.99. The first-order valence-corrected chi connectivity index (χ1v) is 5.40. The Labute approximate surface area is 85.3 Å². The molecule has 1 aliphatic carbocycles. The Morgan fingerprint density at radius 1 is 1.57 bits per heavy atom. The van der Waals surface area contributed by atoms with E-state index in [9.17, 15) is 0 Å². The third-order valence-electron chi connectivity index (χ3n) is 3.04. The van der Waals surface area contributed by atoms with Crippen LogP contribution in [0.4, 0.5) is 0 Å². The molecule has 0 aliphatic heterocycles. The quantitative estimate of drug-likeness (QED) is 0.788. The van der Waals surface area contributed by atoms with Gasteiger partial charge in [-0.2, -0.15) is 5.10 Å². The molecular formula is C11H19N3. The van der Waals surface area contributed by atoms with E-state index in [0.29, 0.717) is 5.92 Å². The molecule has 2 rings (SSSR count). The molecule has 3 heteroatoms. The van der Waals surface area contributed by atoms with Gasteiger partial charge in [-0.05, 0) is 24.8 Å². The Hall–Kier alpha value is -0.830. The molecule has 0 atom stereocenters. The number of hydrogen-bond donors (Lipinski definition) is 1. The van der Waals surface area contributed by atoms with Crippen molar-refractivity contribution in [3.05, 3.63) is 18.0 Å². The van der Waals surface area contributed by atoms with Crippen molar-refractivity contribution in [2.45, 2.75) is 38.6 Å². The van der Waals surface area contributed by atoms with Crippen LogP contribution in [0.3, 0.4) is 0 Å². The second-order valence-corrected chi connectivity index (χ2v) is 4.78. The molecule has 0 spiro atoms. The maximum atomic E-state index is 5.82. The van der Waals surface area contributed by atoms with Gasteiger partial charge in [0.2, 0.25) is 0 Å². The van der Waals surface area contributed by atoms with Gasteiger partial charge in [0.05, 0.1) is 0 Å². The third kappa shape index (κ3) is 1.57. The highest BCUT2D eigenvalue weighted by Crippen LogP contribution is 2.47. The van der Waals surface area contributed by atoms with E-state index in [1.54, 1.807) is 0 Å². The molecule has 0 unspecified atom stereocenters. The topological polar surface area (TPSA) is 43.8 Å². The van der Waals surface area contributed by atoms with Crippen LogP contribution >= 0.6 is 0 Å². The average Bonchev–Trinajstić information content (AvgIpc) is 2.81. The highest BCUT2D eigenvalue weighted by atomic mass is 15.3. The maximum absolute atomic E-state index is 5.82. The summed E-state index contributed by atoms with van der Waals surface area (Å²) >= 11 is 0. The van der Waals surface area contributed by atoms with Crippen molar-refractivity contribution in [2.75, 3.05) is 6.54 Å². The number of hydrogen-bond acceptors (Lipinski definition) is 2. The van der Waals surface area contributed by atoms with Gasteiger partial charge in [0.1, 0.15) is 0 Å². The van der Waals surface area contributed by atoms with Crippen molar-refractivity contribution in [1.29, 1.82) is 0 Å². The first-order valence-electron chi connectivity index (χ1n) is 5.40. The van der Waals surface area contributed by atoms with Crippen molar-refractivity contribution >= 4 is 0 Å². The van der Waals surface area contributed by atoms with Gasteiger partial charge < -0.3 is 5.73 Å². The largest absolute Gasteiger partial charge is 0.330 e. The number of aromatic nitrogens is 2. The normalized spacial score (nSPS) is 18.9. The zero-order chi connectivity index (χ0) is 10.2. The average molecular weight is 193 g/mol. The maximum Gasteiger partial charge on any atom is 0.0492 e. The Bertz CT molecular complexity index is 310. The first kappa shape index (κ1) is 9.71. The van der Waals surface area contributed by atoms with Crippen LogP contribution in [0, 0.1) is 5.92 Å². The lowest BCUT2D eigenvalue weighted by Gasteiger charge is -2.16. The molecule has 0 amide bonds. The lowest BCUT2D eigenvalue weighted by molar-refractivity contribution is 0.450. The molecule has 1 aromatic heterocycles. The zero-order valence-corrected chi connectivity index (χ0v) is 9.03. The molecule has 3 nitrogen and oxygen atoms in total. The van der Waals surface area contributed by atoms with Crippen LogP contribution in [0.1, 0.15) is 32.4 Å². The van der Waals surface area contributed by atoms with Gasteiger partial charge in [-0.25, -0.2) is 0 Å². The molecule has 0 aromatic carbocycles. The van der Waals surface area contributed by atoms with Crippen LogP contribution in [0.25, 0.3) is 0 Å². The molecule has 78 valence electrons. The molecular weight excluding hydrogens is 174 g/mol. The molecule has 0 saturated heterocycles. The summed E-state index contributed by atoms with van der Waals surface area (Å²) in [5.41, 5.74) is 7.43. The molecule has 0 radical (unpaired) electrons. The van der Waals surface area contributed by atoms with Gasteiger partial charge in [0.25, 0.3) is 0 Å². The zero-order valence-electron chi connectivity index (χ0n) is 9.03. The van der Waals surface area contributed by atoms with E-state index in [-0.39, 0.29) is 5.41 Å². The number of rotatable bonds is 4. The summed E-state index contributed by atoms with van der Waals surface area (Å²) in [6.07, 6.45) is 4.36. The van der Waals surface area contributed by atoms with Crippen LogP contribution in [-0.4, -0.2) is 16.3 Å². The van der Waals surface area contributed by atoms with E-state index in [1.165, 1.54) is 18.5 Å². The Morgan fingerprint density at radius 2 is 2.29 bits per heavy atom. The van der Waals surface area contributed by atoms with Crippen molar-refractivity contribution in [2.24, 2.45) is 11.7 Å². The fraction of sp³-hybridized carbons (Fsp3) is 0.727. The van der Waals surface area contributed by atoms with Gasteiger partial charge in [-0.3, -0.25) is 4.68 Å². The molecule has 1 heterocycles. The van der Waals surface area contributed by atoms with Crippen LogP contribution in [0.2, 0.25) is 0 Å². The summed E-state index contributed by atoms with van der Waals surface area (Å²) < 4.78 is 2.13. The van der Waals surface area contributed by atoms with Crippen LogP contribution in [0.5, 0.6) is 0 Å². The van der Waals surface area contributed by atoms with E-state index in [2.05, 4.69) is 29.7 Å². The molecule has 1 aromatic rings. The standard InChI is InChI=1S/C11H19N3/c1-9(2)7-14-10(3-6-13-14)11(8-12)4-5-11/h3,6,9H,4-5,7-8,12H2,1-2H3. The molecule has 1 fully saturated rings. The van der Waals surface area contributed by atoms with Gasteiger partial charge >= 0.3 is 0 Å². The minimum Gasteiger partial charge on any atom is -0.330 e. The highest BCUT2D eigenvalue weighted by Gasteiger charge is 2.45. The third-order valence-corrected chi connectivity index (χ3v) is 3.04. The van der Waals surface area contributed by atoms with E-state index >= 15 is 0 Å². The second-order valence-electron chi connectivity index (χ2n) is 4.78. The highest BCUT2D eigenvalue weighted by molar-refractivity contribution is 5.24. The van der Waals surface area contributed by atoms with Crippen molar-refractivity contribution in [3.8, 4) is 0 Å². The summed E-state index contributed by atoms with van der Waals surface area (Å²) in [6, 6.07) is 2.13. The van der Waals surface area contributed by atoms with Gasteiger partial charge in [0.15, 0.2) is 0 Å². The van der Waals surface area contributed by atoms with Crippen LogP contribution in [-0.2, 0) is 12.0 Å². The summed E-state index contributed by atoms with van der Waals surface area (Å²) in [7, 11) is 0. The van der Waals surface area contributed by atoms with E-state index in [4.69, 9.17) is 5.73 Å². The first-order chi connectivity index (χ1) is 6.68. The van der Waals surface area contributed by atoms with Crippen LogP contribution < -0.4 is 5.73 Å². The van der Waals surface area contributed by atoms with Crippen molar-refractivity contribution < 1.29 is 0 Å². The SMILES string of the molecule is CC(C)Cn1nccc1C1(CN)CC1. The van der Waals surface area contributed by atoms with E-state index in [0.717, 1.165) is 13.1 Å². The predicted octanol–water partition coefficient (Wildman–Crippen LogP) is 1.53. The Kier molecular flexibility index (Phi) is 2.35. The summed E-state index contributed by atoms with van der Waals surface area (Å²) in [5, 5.41) is 4.37. The van der Waals surface area contributed by atoms with E-state index in [1.807, 2.05) is 6.20 Å². The molecule has 1 saturated carbocycles. The molecule has 0 bridgehead atoms. The molecule has 1 aliphatic rings. The molecule has 2 N–H and O–H groups in total. The fourth-order valence-corrected chi connectivity index (χ4v) is 1.99. The number of nitrogens with two attached hydrogens (primary N) is 1. The van der Waals surface area contributed by atoms with Gasteiger partial charge in [0, 0.05) is 30.4 Å². The van der Waals surface area contributed by atoms with Crippen molar-refractivity contribution in [3.63, 3.8) is 0 Å². The van der Waals surface area contributed by atoms with Crippen molar-refractivity contribution in [1.82, 2.24) is 9.78 Å². The monoisotopic (exact) mass is 193 g/mol. The Morgan fingerprint density at radius 3 is 2.79 bits per heavy atom. The lowest BCUT2D eigenvalue weighted by Crippen LogP contribution is -2.24. The minimum absolute atomic E-state index is 0.269. The van der Waals surface area contributed by atoms with Gasteiger partial charge in [-0.15, -0.1) is 0 Å². The minimum atomic E-state index is 0.269. The number of nitrogens with zero attached hydrogens (tertiary/aromatic N) is 2. The summed E-state index contributed by atoms with van der Waals surface area (Å²) in [6.45, 7) is 6.20. The summed E-state index contributed by atoms with van der Waals surface area (Å²) in [4.78, 5) is 0. The Balaban J connectivity index is 2.21. The smallest absolute Gasteiger partial charge is 0.0492 e. The van der Waals surface area contributed by atoms with Gasteiger partial charge in [-0.1, -0.05) is 13.8 Å². The van der Waals surface area contributed by atoms with Crippen LogP contribution in [0.15, 0.2) is 12.3 Å². The predicted molar refractivity (Wildman–Crippen MR) is 57.0 cm³/mol.